The number of benzene rings is 3. The zero-order chi connectivity index (χ0) is 15.3. The quantitative estimate of drug-likeness (QED) is 0.706. The van der Waals surface area contributed by atoms with Gasteiger partial charge in [-0.2, -0.15) is 0 Å². The molecule has 22 heavy (non-hydrogen) atoms. The Labute approximate surface area is 133 Å². The second-order valence-corrected chi connectivity index (χ2v) is 7.47. The molecule has 0 radical (unpaired) electrons. The maximum atomic E-state index is 12.9. The van der Waals surface area contributed by atoms with E-state index in [-0.39, 0.29) is 6.54 Å². The lowest BCUT2D eigenvalue weighted by Gasteiger charge is -2.19. The van der Waals surface area contributed by atoms with Gasteiger partial charge in [-0.25, -0.2) is 8.42 Å². The highest BCUT2D eigenvalue weighted by atomic mass is 35.5. The minimum atomic E-state index is -3.54. The highest BCUT2D eigenvalue weighted by molar-refractivity contribution is 7.93. The van der Waals surface area contributed by atoms with E-state index in [9.17, 15) is 8.42 Å². The molecule has 0 unspecified atom stereocenters. The zero-order valence-electron chi connectivity index (χ0n) is 11.5. The third kappa shape index (κ3) is 1.84. The van der Waals surface area contributed by atoms with Gasteiger partial charge >= 0.3 is 0 Å². The molecule has 110 valence electrons. The fourth-order valence-electron chi connectivity index (χ4n) is 2.91. The highest BCUT2D eigenvalue weighted by Gasteiger charge is 2.35. The molecule has 0 amide bonds. The minimum absolute atomic E-state index is 0.232. The first-order chi connectivity index (χ1) is 10.6. The van der Waals surface area contributed by atoms with Crippen LogP contribution >= 0.6 is 11.6 Å². The molecule has 0 bridgehead atoms. The molecular weight excluding hydrogens is 318 g/mol. The van der Waals surface area contributed by atoms with Crippen LogP contribution in [-0.2, 0) is 16.6 Å². The Morgan fingerprint density at radius 1 is 0.909 bits per heavy atom. The first kappa shape index (κ1) is 13.6. The monoisotopic (exact) mass is 329 g/mol. The fourth-order valence-corrected chi connectivity index (χ4v) is 4.79. The van der Waals surface area contributed by atoms with Gasteiger partial charge in [0, 0.05) is 10.4 Å². The van der Waals surface area contributed by atoms with E-state index >= 15 is 0 Å². The maximum absolute atomic E-state index is 12.9. The van der Waals surface area contributed by atoms with Gasteiger partial charge in [-0.15, -0.1) is 0 Å². The third-order valence-corrected chi connectivity index (χ3v) is 6.12. The van der Waals surface area contributed by atoms with Gasteiger partial charge < -0.3 is 0 Å². The first-order valence-electron chi connectivity index (χ1n) is 6.87. The largest absolute Gasteiger partial charge is 0.265 e. The molecule has 0 spiro atoms. The number of rotatable bonds is 2. The average Bonchev–Trinajstić information content (AvgIpc) is 2.73. The number of sulfonamides is 1. The Kier molecular flexibility index (Phi) is 2.93. The molecule has 4 rings (SSSR count). The Morgan fingerprint density at radius 2 is 1.64 bits per heavy atom. The number of halogens is 1. The van der Waals surface area contributed by atoms with E-state index in [1.807, 2.05) is 42.5 Å². The Balaban J connectivity index is 1.93. The second kappa shape index (κ2) is 4.73. The zero-order valence-corrected chi connectivity index (χ0v) is 13.1. The Morgan fingerprint density at radius 3 is 2.41 bits per heavy atom. The van der Waals surface area contributed by atoms with Crippen molar-refractivity contribution in [3.63, 3.8) is 0 Å². The molecule has 0 N–H and O–H groups in total. The van der Waals surface area contributed by atoms with Crippen molar-refractivity contribution in [1.82, 2.24) is 0 Å². The maximum Gasteiger partial charge on any atom is 0.265 e. The van der Waals surface area contributed by atoms with Crippen molar-refractivity contribution in [2.24, 2.45) is 0 Å². The van der Waals surface area contributed by atoms with Gasteiger partial charge in [0.15, 0.2) is 0 Å². The van der Waals surface area contributed by atoms with Crippen LogP contribution < -0.4 is 4.31 Å². The number of nitrogens with zero attached hydrogens (tertiary/aromatic N) is 1. The standard InChI is InChI=1S/C17H12ClNO2S/c18-14-8-2-1-5-13(14)11-19-15-9-3-6-12-7-4-10-16(17(12)15)22(19,20)21/h1-10H,11H2. The Bertz CT molecular complexity index is 993. The van der Waals surface area contributed by atoms with Crippen molar-refractivity contribution >= 4 is 38.1 Å². The van der Waals surface area contributed by atoms with Crippen LogP contribution in [0.4, 0.5) is 5.69 Å². The van der Waals surface area contributed by atoms with E-state index in [1.54, 1.807) is 18.2 Å². The number of hydrogen-bond acceptors (Lipinski definition) is 2. The van der Waals surface area contributed by atoms with Crippen molar-refractivity contribution in [2.75, 3.05) is 4.31 Å². The van der Waals surface area contributed by atoms with E-state index in [1.165, 1.54) is 4.31 Å². The molecule has 0 fully saturated rings. The van der Waals surface area contributed by atoms with Crippen LogP contribution in [0.25, 0.3) is 10.8 Å². The lowest BCUT2D eigenvalue weighted by Crippen LogP contribution is -2.26. The van der Waals surface area contributed by atoms with Gasteiger partial charge in [0.2, 0.25) is 0 Å². The molecule has 0 saturated carbocycles. The summed E-state index contributed by atoms with van der Waals surface area (Å²) in [4.78, 5) is 0.368. The predicted octanol–water partition coefficient (Wildman–Crippen LogP) is 4.20. The van der Waals surface area contributed by atoms with Crippen LogP contribution in [-0.4, -0.2) is 8.42 Å². The van der Waals surface area contributed by atoms with Crippen LogP contribution in [0.3, 0.4) is 0 Å². The third-order valence-electron chi connectivity index (χ3n) is 3.95. The molecule has 3 aromatic rings. The lowest BCUT2D eigenvalue weighted by atomic mass is 10.1. The molecule has 3 aromatic carbocycles. The lowest BCUT2D eigenvalue weighted by molar-refractivity contribution is 0.593. The van der Waals surface area contributed by atoms with Crippen LogP contribution in [0, 0.1) is 0 Å². The molecule has 0 aromatic heterocycles. The summed E-state index contributed by atoms with van der Waals surface area (Å²) in [5.74, 6) is 0. The summed E-state index contributed by atoms with van der Waals surface area (Å²) in [6, 6.07) is 18.3. The molecule has 5 heteroatoms. The Hall–Kier alpha value is -2.04. The minimum Gasteiger partial charge on any atom is -0.261 e. The number of anilines is 1. The van der Waals surface area contributed by atoms with Crippen molar-refractivity contribution in [2.45, 2.75) is 11.4 Å². The van der Waals surface area contributed by atoms with Crippen molar-refractivity contribution in [1.29, 1.82) is 0 Å². The highest BCUT2D eigenvalue weighted by Crippen LogP contribution is 2.43. The SMILES string of the molecule is O=S1(=O)c2cccc3cccc(c23)N1Cc1ccccc1Cl. The van der Waals surface area contributed by atoms with E-state index in [0.29, 0.717) is 15.6 Å². The smallest absolute Gasteiger partial charge is 0.261 e. The van der Waals surface area contributed by atoms with Crippen molar-refractivity contribution in [3.8, 4) is 0 Å². The predicted molar refractivity (Wildman–Crippen MR) is 88.8 cm³/mol. The summed E-state index contributed by atoms with van der Waals surface area (Å²) in [5, 5.41) is 2.29. The molecule has 1 aliphatic rings. The summed E-state index contributed by atoms with van der Waals surface area (Å²) >= 11 is 6.19. The van der Waals surface area contributed by atoms with Crippen LogP contribution in [0.5, 0.6) is 0 Å². The van der Waals surface area contributed by atoms with E-state index in [2.05, 4.69) is 0 Å². The topological polar surface area (TPSA) is 37.4 Å². The molecule has 1 heterocycles. The molecule has 0 atom stereocenters. The molecule has 3 nitrogen and oxygen atoms in total. The van der Waals surface area contributed by atoms with Crippen LogP contribution in [0.1, 0.15) is 5.56 Å². The van der Waals surface area contributed by atoms with Crippen molar-refractivity contribution in [3.05, 3.63) is 71.2 Å². The van der Waals surface area contributed by atoms with E-state index in [4.69, 9.17) is 11.6 Å². The molecule has 0 aliphatic carbocycles. The van der Waals surface area contributed by atoms with Crippen LogP contribution in [0.15, 0.2) is 65.6 Å². The first-order valence-corrected chi connectivity index (χ1v) is 8.69. The van der Waals surface area contributed by atoms with Gasteiger partial charge in [-0.05, 0) is 29.1 Å². The summed E-state index contributed by atoms with van der Waals surface area (Å²) < 4.78 is 27.2. The second-order valence-electron chi connectivity index (χ2n) is 5.23. The summed E-state index contributed by atoms with van der Waals surface area (Å²) in [6.07, 6.45) is 0. The van der Waals surface area contributed by atoms with Gasteiger partial charge in [0.1, 0.15) is 0 Å². The van der Waals surface area contributed by atoms with E-state index in [0.717, 1.165) is 16.3 Å². The summed E-state index contributed by atoms with van der Waals surface area (Å²) in [7, 11) is -3.54. The van der Waals surface area contributed by atoms with Crippen molar-refractivity contribution < 1.29 is 8.42 Å². The summed E-state index contributed by atoms with van der Waals surface area (Å²) in [6.45, 7) is 0.232. The van der Waals surface area contributed by atoms with Gasteiger partial charge in [-0.3, -0.25) is 4.31 Å². The number of hydrogen-bond donors (Lipinski definition) is 0. The molecule has 0 saturated heterocycles. The molecule has 1 aliphatic heterocycles. The van der Waals surface area contributed by atoms with Gasteiger partial charge in [0.25, 0.3) is 10.0 Å². The fraction of sp³-hybridized carbons (Fsp3) is 0.0588. The average molecular weight is 330 g/mol. The van der Waals surface area contributed by atoms with E-state index < -0.39 is 10.0 Å². The van der Waals surface area contributed by atoms with Gasteiger partial charge in [-0.1, -0.05) is 54.1 Å². The van der Waals surface area contributed by atoms with Gasteiger partial charge in [0.05, 0.1) is 17.1 Å². The van der Waals surface area contributed by atoms with Crippen LogP contribution in [0.2, 0.25) is 5.02 Å². The normalized spacial score (nSPS) is 15.4. The molecular formula is C17H12ClNO2S. The summed E-state index contributed by atoms with van der Waals surface area (Å²) in [5.41, 5.74) is 1.51.